The molecule has 90 valence electrons. The monoisotopic (exact) mass is 346 g/mol. The zero-order valence-electron chi connectivity index (χ0n) is 10.4. The van der Waals surface area contributed by atoms with Gasteiger partial charge < -0.3 is 0 Å². The van der Waals surface area contributed by atoms with E-state index in [1.807, 2.05) is 0 Å². The molecule has 0 N–H and O–H groups in total. The molecule has 0 aliphatic heterocycles. The van der Waals surface area contributed by atoms with Crippen LogP contribution in [0.4, 0.5) is 0 Å². The van der Waals surface area contributed by atoms with Gasteiger partial charge in [-0.15, -0.1) is 0 Å². The summed E-state index contributed by atoms with van der Waals surface area (Å²) in [4.78, 5) is 0. The van der Waals surface area contributed by atoms with Crippen molar-refractivity contribution < 1.29 is 0 Å². The van der Waals surface area contributed by atoms with Gasteiger partial charge in [-0.1, -0.05) is 77.2 Å². The van der Waals surface area contributed by atoms with Crippen LogP contribution >= 0.6 is 22.6 Å². The molecule has 0 amide bonds. The minimum Gasteiger partial charge on any atom is -0.0770 e. The third kappa shape index (κ3) is 2.12. The highest BCUT2D eigenvalue weighted by Gasteiger charge is 2.16. The molecular weight excluding hydrogens is 331 g/mol. The summed E-state index contributed by atoms with van der Waals surface area (Å²) in [6.45, 7) is 2.21. The third-order valence-corrected chi connectivity index (χ3v) is 4.66. The Morgan fingerprint density at radius 1 is 1.00 bits per heavy atom. The highest BCUT2D eigenvalue weighted by molar-refractivity contribution is 14.1. The second-order valence-corrected chi connectivity index (χ2v) is 6.29. The predicted molar refractivity (Wildman–Crippen MR) is 86.9 cm³/mol. The van der Waals surface area contributed by atoms with Crippen molar-refractivity contribution in [2.24, 2.45) is 0 Å². The van der Waals surface area contributed by atoms with Crippen LogP contribution in [-0.4, -0.2) is 0 Å². The summed E-state index contributed by atoms with van der Waals surface area (Å²) in [6, 6.07) is 17.5. The third-order valence-electron chi connectivity index (χ3n) is 3.55. The topological polar surface area (TPSA) is 0 Å². The standard InChI is InChI=1S/C17H15I/c1-12-10-13-6-3-5-9-16(13)17(18)11-14-7-2-4-8-15(12)14/h2-10,17H,11H2,1H3/b12-10-. The van der Waals surface area contributed by atoms with Crippen LogP contribution in [0.15, 0.2) is 48.5 Å². The molecule has 1 atom stereocenters. The molecule has 0 saturated carbocycles. The van der Waals surface area contributed by atoms with Crippen molar-refractivity contribution in [1.29, 1.82) is 0 Å². The molecule has 1 aliphatic rings. The van der Waals surface area contributed by atoms with Crippen molar-refractivity contribution in [2.45, 2.75) is 17.3 Å². The molecule has 0 radical (unpaired) electrons. The van der Waals surface area contributed by atoms with E-state index in [4.69, 9.17) is 0 Å². The highest BCUT2D eigenvalue weighted by Crippen LogP contribution is 2.36. The first kappa shape index (κ1) is 12.0. The Bertz CT molecular complexity index is 611. The summed E-state index contributed by atoms with van der Waals surface area (Å²) in [6.07, 6.45) is 3.43. The van der Waals surface area contributed by atoms with Crippen LogP contribution in [0.2, 0.25) is 0 Å². The Kier molecular flexibility index (Phi) is 3.25. The van der Waals surface area contributed by atoms with Gasteiger partial charge in [-0.05, 0) is 41.2 Å². The Morgan fingerprint density at radius 2 is 1.72 bits per heavy atom. The van der Waals surface area contributed by atoms with Crippen molar-refractivity contribution in [2.75, 3.05) is 0 Å². The van der Waals surface area contributed by atoms with Crippen LogP contribution in [0.1, 0.15) is 33.1 Å². The Morgan fingerprint density at radius 3 is 2.61 bits per heavy atom. The number of hydrogen-bond donors (Lipinski definition) is 0. The first-order valence-corrected chi connectivity index (χ1v) is 7.50. The van der Waals surface area contributed by atoms with E-state index in [1.165, 1.54) is 27.8 Å². The molecule has 2 aromatic rings. The normalized spacial score (nSPS) is 21.0. The average Bonchev–Trinajstić information content (AvgIpc) is 2.38. The molecule has 1 aliphatic carbocycles. The van der Waals surface area contributed by atoms with E-state index < -0.39 is 0 Å². The molecular formula is C17H15I. The molecule has 0 spiro atoms. The van der Waals surface area contributed by atoms with Crippen LogP contribution < -0.4 is 0 Å². The summed E-state index contributed by atoms with van der Waals surface area (Å²) >= 11 is 2.56. The molecule has 1 unspecified atom stereocenters. The smallest absolute Gasteiger partial charge is 0.0406 e. The van der Waals surface area contributed by atoms with Gasteiger partial charge in [-0.25, -0.2) is 0 Å². The minimum atomic E-state index is 0.546. The van der Waals surface area contributed by atoms with E-state index in [0.717, 1.165) is 6.42 Å². The van der Waals surface area contributed by atoms with E-state index >= 15 is 0 Å². The first-order chi connectivity index (χ1) is 8.75. The summed E-state index contributed by atoms with van der Waals surface area (Å²) in [5.74, 6) is 0. The van der Waals surface area contributed by atoms with Crippen LogP contribution in [0.5, 0.6) is 0 Å². The molecule has 18 heavy (non-hydrogen) atoms. The van der Waals surface area contributed by atoms with Gasteiger partial charge in [0, 0.05) is 3.92 Å². The SMILES string of the molecule is C/C1=C/c2ccccc2C(I)Cc2ccccc21. The van der Waals surface area contributed by atoms with Gasteiger partial charge in [0.25, 0.3) is 0 Å². The Balaban J connectivity index is 2.23. The van der Waals surface area contributed by atoms with Gasteiger partial charge in [0.2, 0.25) is 0 Å². The number of fused-ring (bicyclic) bond motifs is 2. The van der Waals surface area contributed by atoms with Gasteiger partial charge >= 0.3 is 0 Å². The lowest BCUT2D eigenvalue weighted by atomic mass is 9.89. The average molecular weight is 346 g/mol. The summed E-state index contributed by atoms with van der Waals surface area (Å²) < 4.78 is 0.546. The van der Waals surface area contributed by atoms with Crippen LogP contribution in [0, 0.1) is 0 Å². The van der Waals surface area contributed by atoms with Gasteiger partial charge in [-0.3, -0.25) is 0 Å². The molecule has 0 nitrogen and oxygen atoms in total. The zero-order chi connectivity index (χ0) is 12.5. The van der Waals surface area contributed by atoms with Gasteiger partial charge in [0.05, 0.1) is 0 Å². The Hall–Kier alpha value is -1.09. The van der Waals surface area contributed by atoms with Crippen molar-refractivity contribution in [3.05, 3.63) is 70.8 Å². The lowest BCUT2D eigenvalue weighted by Gasteiger charge is -2.20. The van der Waals surface area contributed by atoms with Crippen molar-refractivity contribution >= 4 is 34.2 Å². The quantitative estimate of drug-likeness (QED) is 0.450. The number of alkyl halides is 1. The second-order valence-electron chi connectivity index (χ2n) is 4.79. The highest BCUT2D eigenvalue weighted by atomic mass is 127. The van der Waals surface area contributed by atoms with E-state index in [-0.39, 0.29) is 0 Å². The van der Waals surface area contributed by atoms with Gasteiger partial charge in [-0.2, -0.15) is 0 Å². The van der Waals surface area contributed by atoms with Gasteiger partial charge in [0.1, 0.15) is 0 Å². The number of benzene rings is 2. The van der Waals surface area contributed by atoms with E-state index in [1.54, 1.807) is 0 Å². The van der Waals surface area contributed by atoms with Gasteiger partial charge in [0.15, 0.2) is 0 Å². The van der Waals surface area contributed by atoms with Crippen LogP contribution in [0.3, 0.4) is 0 Å². The Labute approximate surface area is 122 Å². The number of allylic oxidation sites excluding steroid dienone is 1. The van der Waals surface area contributed by atoms with Crippen molar-refractivity contribution in [3.63, 3.8) is 0 Å². The van der Waals surface area contributed by atoms with E-state index in [9.17, 15) is 0 Å². The molecule has 0 heterocycles. The van der Waals surface area contributed by atoms with E-state index in [0.29, 0.717) is 3.92 Å². The van der Waals surface area contributed by atoms with Crippen molar-refractivity contribution in [3.8, 4) is 0 Å². The molecule has 0 aromatic heterocycles. The fraction of sp³-hybridized carbons (Fsp3) is 0.176. The number of halogens is 1. The zero-order valence-corrected chi connectivity index (χ0v) is 12.5. The molecule has 0 bridgehead atoms. The predicted octanol–water partition coefficient (Wildman–Crippen LogP) is 5.28. The molecule has 0 saturated heterocycles. The second kappa shape index (κ2) is 4.88. The largest absolute Gasteiger partial charge is 0.0770 e. The minimum absolute atomic E-state index is 0.546. The maximum Gasteiger partial charge on any atom is 0.0406 e. The molecule has 0 fully saturated rings. The number of hydrogen-bond acceptors (Lipinski definition) is 0. The number of rotatable bonds is 0. The molecule has 1 heteroatoms. The fourth-order valence-electron chi connectivity index (χ4n) is 2.62. The fourth-order valence-corrected chi connectivity index (χ4v) is 3.67. The molecule has 2 aromatic carbocycles. The lowest BCUT2D eigenvalue weighted by Crippen LogP contribution is -2.03. The van der Waals surface area contributed by atoms with Crippen LogP contribution in [-0.2, 0) is 6.42 Å². The lowest BCUT2D eigenvalue weighted by molar-refractivity contribution is 0.956. The maximum absolute atomic E-state index is 2.56. The molecule has 3 rings (SSSR count). The van der Waals surface area contributed by atoms with E-state index in [2.05, 4.69) is 84.1 Å². The summed E-state index contributed by atoms with van der Waals surface area (Å²) in [7, 11) is 0. The van der Waals surface area contributed by atoms with Crippen LogP contribution in [0.25, 0.3) is 11.6 Å². The maximum atomic E-state index is 2.56. The summed E-state index contributed by atoms with van der Waals surface area (Å²) in [5.41, 5.74) is 7.03. The first-order valence-electron chi connectivity index (χ1n) is 6.25. The van der Waals surface area contributed by atoms with Crippen molar-refractivity contribution in [1.82, 2.24) is 0 Å². The summed E-state index contributed by atoms with van der Waals surface area (Å²) in [5, 5.41) is 0.